The highest BCUT2D eigenvalue weighted by molar-refractivity contribution is 6.99. The van der Waals surface area contributed by atoms with Gasteiger partial charge >= 0.3 is 6.09 Å². The number of ether oxygens (including phenoxy) is 1. The summed E-state index contributed by atoms with van der Waals surface area (Å²) in [6.45, 7) is 2.50. The fourth-order valence-electron chi connectivity index (χ4n) is 1.84. The van der Waals surface area contributed by atoms with Crippen molar-refractivity contribution in [3.63, 3.8) is 0 Å². The monoisotopic (exact) mass is 370 g/mol. The fourth-order valence-corrected chi connectivity index (χ4v) is 2.93. The van der Waals surface area contributed by atoms with Crippen LogP contribution in [0, 0.1) is 11.3 Å². The molecule has 2 rings (SSSR count). The molecule has 0 atom stereocenters. The van der Waals surface area contributed by atoms with E-state index in [2.05, 4.69) is 8.75 Å². The van der Waals surface area contributed by atoms with Crippen LogP contribution in [0.15, 0.2) is 12.1 Å². The zero-order chi connectivity index (χ0) is 17.0. The topological polar surface area (TPSA) is 79.1 Å². The van der Waals surface area contributed by atoms with Crippen molar-refractivity contribution < 1.29 is 9.53 Å². The molecule has 1 aromatic carbocycles. The molecular weight excluding hydrogens is 359 g/mol. The summed E-state index contributed by atoms with van der Waals surface area (Å²) in [7, 11) is 1.63. The maximum atomic E-state index is 12.0. The molecule has 0 saturated heterocycles. The maximum absolute atomic E-state index is 12.0. The first-order valence-corrected chi connectivity index (χ1v) is 8.12. The quantitative estimate of drug-likeness (QED) is 0.804. The van der Waals surface area contributed by atoms with Crippen LogP contribution >= 0.6 is 34.9 Å². The van der Waals surface area contributed by atoms with E-state index in [9.17, 15) is 4.79 Å². The molecule has 120 valence electrons. The van der Waals surface area contributed by atoms with Crippen LogP contribution in [0.2, 0.25) is 10.0 Å². The SMILES string of the molecule is CCCN(C)C(=O)Oc1nsnc1-c1c(Cl)ccc(C#N)c1Cl. The van der Waals surface area contributed by atoms with Gasteiger partial charge in [0.1, 0.15) is 6.07 Å². The molecule has 1 amide bonds. The second-order valence-corrected chi connectivity index (χ2v) is 5.92. The minimum atomic E-state index is -0.551. The zero-order valence-electron chi connectivity index (χ0n) is 12.3. The summed E-state index contributed by atoms with van der Waals surface area (Å²) in [5, 5.41) is 9.51. The molecule has 1 heterocycles. The summed E-state index contributed by atoms with van der Waals surface area (Å²) in [4.78, 5) is 13.4. The van der Waals surface area contributed by atoms with Gasteiger partial charge in [-0.1, -0.05) is 30.1 Å². The van der Waals surface area contributed by atoms with Crippen LogP contribution in [0.4, 0.5) is 4.79 Å². The van der Waals surface area contributed by atoms with Crippen molar-refractivity contribution in [3.05, 3.63) is 27.7 Å². The second kappa shape index (κ2) is 7.59. The molecule has 0 N–H and O–H groups in total. The van der Waals surface area contributed by atoms with Crippen molar-refractivity contribution in [3.8, 4) is 23.2 Å². The van der Waals surface area contributed by atoms with Crippen molar-refractivity contribution in [2.75, 3.05) is 13.6 Å². The van der Waals surface area contributed by atoms with Gasteiger partial charge in [-0.2, -0.15) is 9.64 Å². The minimum Gasteiger partial charge on any atom is -0.388 e. The molecular formula is C14H12Cl2N4O2S. The molecule has 0 aliphatic rings. The van der Waals surface area contributed by atoms with Gasteiger partial charge in [0.15, 0.2) is 5.69 Å². The lowest BCUT2D eigenvalue weighted by Crippen LogP contribution is -2.30. The lowest BCUT2D eigenvalue weighted by atomic mass is 10.1. The number of benzene rings is 1. The molecule has 0 fully saturated rings. The van der Waals surface area contributed by atoms with Gasteiger partial charge in [-0.15, -0.1) is 4.37 Å². The van der Waals surface area contributed by atoms with Gasteiger partial charge in [0.2, 0.25) is 0 Å². The zero-order valence-corrected chi connectivity index (χ0v) is 14.7. The fraction of sp³-hybridized carbons (Fsp3) is 0.286. The summed E-state index contributed by atoms with van der Waals surface area (Å²) in [6, 6.07) is 5.01. The Morgan fingerprint density at radius 3 is 2.83 bits per heavy atom. The number of nitrogens with zero attached hydrogens (tertiary/aromatic N) is 4. The van der Waals surface area contributed by atoms with E-state index in [1.165, 1.54) is 17.0 Å². The highest BCUT2D eigenvalue weighted by Gasteiger charge is 2.23. The van der Waals surface area contributed by atoms with E-state index >= 15 is 0 Å². The van der Waals surface area contributed by atoms with E-state index in [4.69, 9.17) is 33.2 Å². The number of rotatable bonds is 4. The van der Waals surface area contributed by atoms with Crippen molar-refractivity contribution in [2.24, 2.45) is 0 Å². The van der Waals surface area contributed by atoms with Crippen molar-refractivity contribution in [2.45, 2.75) is 13.3 Å². The summed E-state index contributed by atoms with van der Waals surface area (Å²) in [6.07, 6.45) is 0.250. The second-order valence-electron chi connectivity index (χ2n) is 4.60. The molecule has 1 aromatic heterocycles. The van der Waals surface area contributed by atoms with E-state index in [0.717, 1.165) is 18.1 Å². The van der Waals surface area contributed by atoms with Gasteiger partial charge < -0.3 is 9.64 Å². The van der Waals surface area contributed by atoms with Crippen LogP contribution in [0.25, 0.3) is 11.3 Å². The Hall–Kier alpha value is -1.88. The Bertz CT molecular complexity index is 773. The van der Waals surface area contributed by atoms with E-state index in [-0.39, 0.29) is 22.2 Å². The maximum Gasteiger partial charge on any atom is 0.416 e. The van der Waals surface area contributed by atoms with Crippen LogP contribution < -0.4 is 4.74 Å². The Kier molecular flexibility index (Phi) is 5.77. The molecule has 0 aliphatic heterocycles. The highest BCUT2D eigenvalue weighted by Crippen LogP contribution is 2.40. The number of carbonyl (C=O) groups is 1. The lowest BCUT2D eigenvalue weighted by Gasteiger charge is -2.15. The van der Waals surface area contributed by atoms with Crippen LogP contribution in [0.3, 0.4) is 0 Å². The highest BCUT2D eigenvalue weighted by atomic mass is 35.5. The van der Waals surface area contributed by atoms with Gasteiger partial charge in [0, 0.05) is 19.2 Å². The predicted octanol–water partition coefficient (Wildman–Crippen LogP) is 4.22. The first-order chi connectivity index (χ1) is 11.0. The minimum absolute atomic E-state index is 0.0156. The third kappa shape index (κ3) is 3.72. The Morgan fingerprint density at radius 1 is 1.43 bits per heavy atom. The van der Waals surface area contributed by atoms with E-state index in [1.807, 2.05) is 13.0 Å². The Morgan fingerprint density at radius 2 is 2.17 bits per heavy atom. The summed E-state index contributed by atoms with van der Waals surface area (Å²) in [5.41, 5.74) is 0.807. The molecule has 0 bridgehead atoms. The number of hydrogen-bond donors (Lipinski definition) is 0. The molecule has 0 unspecified atom stereocenters. The van der Waals surface area contributed by atoms with Gasteiger partial charge in [-0.05, 0) is 18.6 Å². The molecule has 0 radical (unpaired) electrons. The van der Waals surface area contributed by atoms with Crippen molar-refractivity contribution in [1.82, 2.24) is 13.6 Å². The van der Waals surface area contributed by atoms with E-state index in [1.54, 1.807) is 7.05 Å². The first-order valence-electron chi connectivity index (χ1n) is 6.63. The van der Waals surface area contributed by atoms with Crippen molar-refractivity contribution in [1.29, 1.82) is 5.26 Å². The van der Waals surface area contributed by atoms with E-state index < -0.39 is 6.09 Å². The molecule has 23 heavy (non-hydrogen) atoms. The Balaban J connectivity index is 2.40. The summed E-state index contributed by atoms with van der Waals surface area (Å²) in [5.74, 6) is 0.0156. The first kappa shape index (κ1) is 17.5. The standard InChI is InChI=1S/C14H12Cl2N4O2S/c1-3-6-20(2)14(21)22-13-12(18-23-19-13)10-9(15)5-4-8(7-17)11(10)16/h4-5H,3,6H2,1-2H3. The van der Waals surface area contributed by atoms with Gasteiger partial charge in [-0.25, -0.2) is 4.79 Å². The summed E-state index contributed by atoms with van der Waals surface area (Å²) < 4.78 is 13.3. The van der Waals surface area contributed by atoms with Crippen LogP contribution in [-0.2, 0) is 0 Å². The van der Waals surface area contributed by atoms with Gasteiger partial charge in [0.05, 0.1) is 27.3 Å². The third-order valence-electron chi connectivity index (χ3n) is 2.96. The van der Waals surface area contributed by atoms with Crippen molar-refractivity contribution >= 4 is 41.0 Å². The number of hydrogen-bond acceptors (Lipinski definition) is 6. The number of amides is 1. The lowest BCUT2D eigenvalue weighted by molar-refractivity contribution is 0.162. The molecule has 9 heteroatoms. The smallest absolute Gasteiger partial charge is 0.388 e. The predicted molar refractivity (Wildman–Crippen MR) is 89.0 cm³/mol. The Labute approximate surface area is 147 Å². The normalized spacial score (nSPS) is 10.2. The largest absolute Gasteiger partial charge is 0.416 e. The van der Waals surface area contributed by atoms with E-state index in [0.29, 0.717) is 17.1 Å². The average molecular weight is 371 g/mol. The number of aromatic nitrogens is 2. The number of halogens is 2. The van der Waals surface area contributed by atoms with Crippen LogP contribution in [0.5, 0.6) is 5.88 Å². The average Bonchev–Trinajstić information content (AvgIpc) is 2.95. The molecule has 2 aromatic rings. The van der Waals surface area contributed by atoms with Crippen LogP contribution in [-0.4, -0.2) is 33.3 Å². The summed E-state index contributed by atoms with van der Waals surface area (Å²) >= 11 is 13.2. The third-order valence-corrected chi connectivity index (χ3v) is 4.18. The number of carbonyl (C=O) groups excluding carboxylic acids is 1. The van der Waals surface area contributed by atoms with Gasteiger partial charge in [0.25, 0.3) is 5.88 Å². The molecule has 0 aliphatic carbocycles. The van der Waals surface area contributed by atoms with Crippen LogP contribution in [0.1, 0.15) is 18.9 Å². The molecule has 0 spiro atoms. The number of nitriles is 1. The van der Waals surface area contributed by atoms with Gasteiger partial charge in [-0.3, -0.25) is 0 Å². The molecule has 6 nitrogen and oxygen atoms in total. The molecule has 0 saturated carbocycles.